The number of halogens is 1. The predicted octanol–water partition coefficient (Wildman–Crippen LogP) is 4.47. The molecule has 31 heavy (non-hydrogen) atoms. The summed E-state index contributed by atoms with van der Waals surface area (Å²) in [6.45, 7) is -0.326. The topological polar surface area (TPSA) is 73.9 Å². The second-order valence-electron chi connectivity index (χ2n) is 6.69. The van der Waals surface area contributed by atoms with Crippen LogP contribution in [0.3, 0.4) is 0 Å². The largest absolute Gasteiger partial charge is 0.497 e. The van der Waals surface area contributed by atoms with Crippen LogP contribution < -0.4 is 19.5 Å². The molecule has 156 valence electrons. The molecular weight excluding hydrogens is 401 g/mol. The summed E-state index contributed by atoms with van der Waals surface area (Å²) >= 11 is 0. The first-order valence-corrected chi connectivity index (χ1v) is 9.43. The number of para-hydroxylation sites is 1. The number of hydrogen-bond acceptors (Lipinski definition) is 5. The van der Waals surface area contributed by atoms with E-state index in [0.717, 1.165) is 5.56 Å². The van der Waals surface area contributed by atoms with Gasteiger partial charge in [-0.05, 0) is 48.0 Å². The summed E-state index contributed by atoms with van der Waals surface area (Å²) in [7, 11) is 1.57. The Hall–Kier alpha value is -4.13. The fourth-order valence-electron chi connectivity index (χ4n) is 3.04. The van der Waals surface area contributed by atoms with Gasteiger partial charge in [0.25, 0.3) is 5.91 Å². The second-order valence-corrected chi connectivity index (χ2v) is 6.69. The van der Waals surface area contributed by atoms with Gasteiger partial charge in [0.2, 0.25) is 5.78 Å². The van der Waals surface area contributed by atoms with Gasteiger partial charge >= 0.3 is 0 Å². The van der Waals surface area contributed by atoms with Crippen LogP contribution in [-0.4, -0.2) is 25.4 Å². The van der Waals surface area contributed by atoms with Crippen molar-refractivity contribution in [2.45, 2.75) is 0 Å². The molecule has 0 bridgehead atoms. The fraction of sp³-hybridized carbons (Fsp3) is 0.0833. The van der Waals surface area contributed by atoms with E-state index in [4.69, 9.17) is 14.2 Å². The number of Topliss-reactive ketones (excluding diaryl/α,β-unsaturated/α-hetero) is 1. The van der Waals surface area contributed by atoms with E-state index in [2.05, 4.69) is 5.32 Å². The fourth-order valence-corrected chi connectivity index (χ4v) is 3.04. The van der Waals surface area contributed by atoms with Crippen LogP contribution >= 0.6 is 0 Å². The Kier molecular flexibility index (Phi) is 5.66. The van der Waals surface area contributed by atoms with Gasteiger partial charge in [-0.15, -0.1) is 0 Å². The number of anilines is 1. The average molecular weight is 419 g/mol. The van der Waals surface area contributed by atoms with Gasteiger partial charge in [-0.3, -0.25) is 9.59 Å². The molecule has 1 heterocycles. The lowest BCUT2D eigenvalue weighted by molar-refractivity contribution is -0.118. The molecule has 3 aromatic carbocycles. The van der Waals surface area contributed by atoms with E-state index in [9.17, 15) is 14.0 Å². The zero-order valence-corrected chi connectivity index (χ0v) is 16.6. The summed E-state index contributed by atoms with van der Waals surface area (Å²) in [4.78, 5) is 24.6. The Morgan fingerprint density at radius 2 is 1.90 bits per heavy atom. The standard InChI is InChI=1S/C24H18FNO5/c1-29-16-6-4-5-15(11-16)12-22-24(28)18-10-9-17(13-21(18)31-22)30-14-23(27)26-20-8-3-2-7-19(20)25/h2-13H,14H2,1H3,(H,26,27). The molecule has 7 heteroatoms. The predicted molar refractivity (Wildman–Crippen MR) is 113 cm³/mol. The minimum atomic E-state index is -0.532. The Morgan fingerprint density at radius 3 is 2.71 bits per heavy atom. The maximum absolute atomic E-state index is 13.6. The van der Waals surface area contributed by atoms with Crippen molar-refractivity contribution in [3.05, 3.63) is 89.4 Å². The van der Waals surface area contributed by atoms with Gasteiger partial charge in [-0.2, -0.15) is 0 Å². The number of ketones is 1. The number of carbonyl (C=O) groups is 2. The lowest BCUT2D eigenvalue weighted by Gasteiger charge is -2.08. The zero-order chi connectivity index (χ0) is 21.8. The van der Waals surface area contributed by atoms with E-state index >= 15 is 0 Å². The highest BCUT2D eigenvalue weighted by Gasteiger charge is 2.27. The number of rotatable bonds is 6. The molecule has 0 fully saturated rings. The molecule has 0 atom stereocenters. The first-order chi connectivity index (χ1) is 15.0. The number of ether oxygens (including phenoxy) is 3. The van der Waals surface area contributed by atoms with Gasteiger partial charge in [0.05, 0.1) is 18.4 Å². The van der Waals surface area contributed by atoms with E-state index < -0.39 is 11.7 Å². The molecule has 1 aliphatic rings. The number of fused-ring (bicyclic) bond motifs is 1. The van der Waals surface area contributed by atoms with Gasteiger partial charge < -0.3 is 19.5 Å². The molecule has 0 saturated carbocycles. The van der Waals surface area contributed by atoms with E-state index in [1.807, 2.05) is 12.1 Å². The number of hydrogen-bond donors (Lipinski definition) is 1. The number of allylic oxidation sites excluding steroid dienone is 1. The Labute approximate surface area is 177 Å². The molecule has 3 aromatic rings. The van der Waals surface area contributed by atoms with E-state index in [1.165, 1.54) is 24.3 Å². The third-order valence-corrected chi connectivity index (χ3v) is 4.55. The highest BCUT2D eigenvalue weighted by atomic mass is 19.1. The van der Waals surface area contributed by atoms with Crippen LogP contribution in [0, 0.1) is 5.82 Å². The van der Waals surface area contributed by atoms with Gasteiger partial charge in [-0.1, -0.05) is 24.3 Å². The molecule has 0 aromatic heterocycles. The molecule has 4 rings (SSSR count). The molecule has 0 unspecified atom stereocenters. The van der Waals surface area contributed by atoms with Crippen LogP contribution in [0.5, 0.6) is 17.2 Å². The molecule has 1 amide bonds. The first-order valence-electron chi connectivity index (χ1n) is 9.43. The summed E-state index contributed by atoms with van der Waals surface area (Å²) in [5, 5.41) is 2.44. The lowest BCUT2D eigenvalue weighted by atomic mass is 10.1. The number of benzene rings is 3. The zero-order valence-electron chi connectivity index (χ0n) is 16.6. The van der Waals surface area contributed by atoms with Crippen LogP contribution in [-0.2, 0) is 4.79 Å². The van der Waals surface area contributed by atoms with Gasteiger partial charge in [0.15, 0.2) is 12.4 Å². The third kappa shape index (κ3) is 4.56. The molecule has 0 aliphatic carbocycles. The smallest absolute Gasteiger partial charge is 0.262 e. The van der Waals surface area contributed by atoms with Crippen molar-refractivity contribution >= 4 is 23.5 Å². The highest BCUT2D eigenvalue weighted by molar-refractivity contribution is 6.14. The van der Waals surface area contributed by atoms with Crippen LogP contribution in [0.15, 0.2) is 72.5 Å². The van der Waals surface area contributed by atoms with Gasteiger partial charge in [0, 0.05) is 6.07 Å². The van der Waals surface area contributed by atoms with Crippen LogP contribution in [0.2, 0.25) is 0 Å². The number of amides is 1. The minimum Gasteiger partial charge on any atom is -0.497 e. The second kappa shape index (κ2) is 8.71. The van der Waals surface area contributed by atoms with Crippen molar-refractivity contribution in [1.29, 1.82) is 0 Å². The van der Waals surface area contributed by atoms with Crippen molar-refractivity contribution in [2.24, 2.45) is 0 Å². The monoisotopic (exact) mass is 419 g/mol. The quantitative estimate of drug-likeness (QED) is 0.597. The third-order valence-electron chi connectivity index (χ3n) is 4.55. The van der Waals surface area contributed by atoms with E-state index in [0.29, 0.717) is 22.8 Å². The molecule has 6 nitrogen and oxygen atoms in total. The Balaban J connectivity index is 1.43. The molecular formula is C24H18FNO5. The number of methoxy groups -OCH3 is 1. The van der Waals surface area contributed by atoms with Crippen molar-refractivity contribution in [3.8, 4) is 17.2 Å². The maximum atomic E-state index is 13.6. The Bertz CT molecular complexity index is 1190. The van der Waals surface area contributed by atoms with Gasteiger partial charge in [-0.25, -0.2) is 4.39 Å². The summed E-state index contributed by atoms with van der Waals surface area (Å²) < 4.78 is 30.0. The van der Waals surface area contributed by atoms with Crippen molar-refractivity contribution < 1.29 is 28.2 Å². The summed E-state index contributed by atoms with van der Waals surface area (Å²) in [6.07, 6.45) is 1.63. The molecule has 1 aliphatic heterocycles. The minimum absolute atomic E-state index is 0.0753. The molecule has 0 radical (unpaired) electrons. The van der Waals surface area contributed by atoms with Crippen LogP contribution in [0.1, 0.15) is 15.9 Å². The summed E-state index contributed by atoms with van der Waals surface area (Å²) in [6, 6.07) is 17.8. The lowest BCUT2D eigenvalue weighted by Crippen LogP contribution is -2.20. The SMILES string of the molecule is COc1cccc(C=C2Oc3cc(OCC(=O)Nc4ccccc4F)ccc3C2=O)c1. The number of nitrogens with one attached hydrogen (secondary N) is 1. The summed E-state index contributed by atoms with van der Waals surface area (Å²) in [5.41, 5.74) is 1.24. The van der Waals surface area contributed by atoms with Crippen molar-refractivity contribution in [3.63, 3.8) is 0 Å². The van der Waals surface area contributed by atoms with Crippen LogP contribution in [0.4, 0.5) is 10.1 Å². The average Bonchev–Trinajstić information content (AvgIpc) is 3.08. The summed E-state index contributed by atoms with van der Waals surface area (Å²) in [5.74, 6) is 0.238. The van der Waals surface area contributed by atoms with E-state index in [1.54, 1.807) is 43.5 Å². The normalized spacial score (nSPS) is 13.5. The van der Waals surface area contributed by atoms with Crippen molar-refractivity contribution in [1.82, 2.24) is 0 Å². The van der Waals surface area contributed by atoms with E-state index in [-0.39, 0.29) is 23.8 Å². The molecule has 0 saturated heterocycles. The Morgan fingerprint density at radius 1 is 1.06 bits per heavy atom. The molecule has 1 N–H and O–H groups in total. The van der Waals surface area contributed by atoms with Crippen molar-refractivity contribution in [2.75, 3.05) is 19.0 Å². The number of carbonyl (C=O) groups excluding carboxylic acids is 2. The first kappa shape index (κ1) is 20.2. The molecule has 0 spiro atoms. The van der Waals surface area contributed by atoms with Crippen LogP contribution in [0.25, 0.3) is 6.08 Å². The van der Waals surface area contributed by atoms with Gasteiger partial charge in [0.1, 0.15) is 23.1 Å². The highest BCUT2D eigenvalue weighted by Crippen LogP contribution is 2.35. The maximum Gasteiger partial charge on any atom is 0.262 e.